The van der Waals surface area contributed by atoms with Gasteiger partial charge in [0.15, 0.2) is 5.58 Å². The third kappa shape index (κ3) is 5.37. The standard InChI is InChI=1S/C25H25F5N4O4/c1-12-16(11-37-34-12)22(36)33-20(14-4-6-24(26,27)7-5-14)23-31-17-9-13(2-3-18(17)38-23)8-15-10-19(25(28,29)30)32-21(15)35/h2-3,9,11,14-15,19-20H,4-8,10H2,1H3,(H,32,35)(H,33,36). The van der Waals surface area contributed by atoms with Crippen LogP contribution < -0.4 is 10.6 Å². The Morgan fingerprint density at radius 3 is 2.63 bits per heavy atom. The summed E-state index contributed by atoms with van der Waals surface area (Å²) in [6, 6.07) is 2.17. The summed E-state index contributed by atoms with van der Waals surface area (Å²) >= 11 is 0. The number of nitrogens with one attached hydrogen (secondary N) is 2. The molecule has 38 heavy (non-hydrogen) atoms. The molecule has 13 heteroatoms. The minimum absolute atomic E-state index is 0.0845. The molecule has 3 atom stereocenters. The molecule has 2 aromatic heterocycles. The van der Waals surface area contributed by atoms with E-state index in [1.54, 1.807) is 25.1 Å². The fraction of sp³-hybridized carbons (Fsp3) is 0.520. The summed E-state index contributed by atoms with van der Waals surface area (Å²) in [5, 5.41) is 8.52. The molecule has 8 nitrogen and oxygen atoms in total. The van der Waals surface area contributed by atoms with E-state index in [4.69, 9.17) is 8.94 Å². The largest absolute Gasteiger partial charge is 0.438 e. The first-order valence-electron chi connectivity index (χ1n) is 12.3. The molecule has 1 saturated carbocycles. The summed E-state index contributed by atoms with van der Waals surface area (Å²) in [6.45, 7) is 1.59. The van der Waals surface area contributed by atoms with E-state index < -0.39 is 41.9 Å². The van der Waals surface area contributed by atoms with E-state index in [0.29, 0.717) is 22.4 Å². The van der Waals surface area contributed by atoms with E-state index in [0.717, 1.165) is 0 Å². The lowest BCUT2D eigenvalue weighted by Gasteiger charge is -2.32. The van der Waals surface area contributed by atoms with Crippen molar-refractivity contribution < 1.29 is 40.5 Å². The zero-order valence-electron chi connectivity index (χ0n) is 20.3. The van der Waals surface area contributed by atoms with Crippen molar-refractivity contribution in [1.82, 2.24) is 20.8 Å². The number of carbonyl (C=O) groups excluding carboxylic acids is 2. The van der Waals surface area contributed by atoms with Gasteiger partial charge in [0.05, 0.1) is 5.69 Å². The fourth-order valence-electron chi connectivity index (χ4n) is 5.17. The van der Waals surface area contributed by atoms with E-state index in [-0.39, 0.29) is 55.9 Å². The number of nitrogens with zero attached hydrogens (tertiary/aromatic N) is 2. The van der Waals surface area contributed by atoms with Crippen LogP contribution in [-0.2, 0) is 11.2 Å². The summed E-state index contributed by atoms with van der Waals surface area (Å²) in [7, 11) is 0. The monoisotopic (exact) mass is 540 g/mol. The molecule has 2 fully saturated rings. The average molecular weight is 540 g/mol. The van der Waals surface area contributed by atoms with Crippen molar-refractivity contribution in [2.75, 3.05) is 0 Å². The predicted molar refractivity (Wildman–Crippen MR) is 122 cm³/mol. The van der Waals surface area contributed by atoms with Crippen LogP contribution in [0.2, 0.25) is 0 Å². The minimum Gasteiger partial charge on any atom is -0.438 e. The van der Waals surface area contributed by atoms with Crippen LogP contribution in [0.3, 0.4) is 0 Å². The molecule has 3 unspecified atom stereocenters. The second-order valence-electron chi connectivity index (χ2n) is 10.1. The molecule has 2 aliphatic rings. The van der Waals surface area contributed by atoms with Crippen molar-refractivity contribution in [2.45, 2.75) is 69.6 Å². The first kappa shape index (κ1) is 26.1. The maximum absolute atomic E-state index is 13.8. The van der Waals surface area contributed by atoms with E-state index in [1.165, 1.54) is 6.26 Å². The van der Waals surface area contributed by atoms with Crippen molar-refractivity contribution in [2.24, 2.45) is 11.8 Å². The van der Waals surface area contributed by atoms with Gasteiger partial charge in [0, 0.05) is 18.8 Å². The zero-order valence-corrected chi connectivity index (χ0v) is 20.3. The summed E-state index contributed by atoms with van der Waals surface area (Å²) in [6.07, 6.45) is -3.97. The Bertz CT molecular complexity index is 1340. The van der Waals surface area contributed by atoms with E-state index in [9.17, 15) is 31.5 Å². The second kappa shape index (κ2) is 9.66. The number of halogens is 5. The van der Waals surface area contributed by atoms with Crippen LogP contribution in [-0.4, -0.2) is 40.1 Å². The normalized spacial score (nSPS) is 22.9. The third-order valence-electron chi connectivity index (χ3n) is 7.33. The molecule has 3 aromatic rings. The van der Waals surface area contributed by atoms with Crippen LogP contribution in [0.25, 0.3) is 11.1 Å². The number of hydrogen-bond donors (Lipinski definition) is 2. The third-order valence-corrected chi connectivity index (χ3v) is 7.33. The van der Waals surface area contributed by atoms with E-state index in [2.05, 4.69) is 15.5 Å². The van der Waals surface area contributed by atoms with Crippen LogP contribution in [0.1, 0.15) is 65.7 Å². The van der Waals surface area contributed by atoms with Crippen molar-refractivity contribution in [3.63, 3.8) is 0 Å². The number of aryl methyl sites for hydroxylation is 1. The van der Waals surface area contributed by atoms with Gasteiger partial charge in [-0.1, -0.05) is 11.2 Å². The number of oxazole rings is 1. The highest BCUT2D eigenvalue weighted by Crippen LogP contribution is 2.42. The van der Waals surface area contributed by atoms with Crippen LogP contribution in [0.4, 0.5) is 22.0 Å². The maximum atomic E-state index is 13.8. The quantitative estimate of drug-likeness (QED) is 0.425. The zero-order chi connectivity index (χ0) is 27.2. The molecular formula is C25H25F5N4O4. The summed E-state index contributed by atoms with van der Waals surface area (Å²) in [5.41, 5.74) is 1.89. The topological polar surface area (TPSA) is 110 Å². The van der Waals surface area contributed by atoms with Crippen molar-refractivity contribution in [3.05, 3.63) is 47.2 Å². The van der Waals surface area contributed by atoms with Crippen molar-refractivity contribution in [3.8, 4) is 0 Å². The molecule has 1 aliphatic heterocycles. The molecule has 3 heterocycles. The van der Waals surface area contributed by atoms with Crippen molar-refractivity contribution in [1.29, 1.82) is 0 Å². The molecule has 1 aromatic carbocycles. The lowest BCUT2D eigenvalue weighted by molar-refractivity contribution is -0.154. The highest BCUT2D eigenvalue weighted by molar-refractivity contribution is 5.95. The lowest BCUT2D eigenvalue weighted by Crippen LogP contribution is -2.38. The Balaban J connectivity index is 1.38. The number of carbonyl (C=O) groups is 2. The Hall–Kier alpha value is -3.51. The number of alkyl halides is 5. The molecule has 0 spiro atoms. The minimum atomic E-state index is -4.51. The smallest absolute Gasteiger partial charge is 0.408 e. The Morgan fingerprint density at radius 2 is 2.00 bits per heavy atom. The van der Waals surface area contributed by atoms with Crippen LogP contribution in [0.15, 0.2) is 33.4 Å². The molecule has 1 saturated heterocycles. The molecule has 1 aliphatic carbocycles. The van der Waals surface area contributed by atoms with E-state index >= 15 is 0 Å². The van der Waals surface area contributed by atoms with Gasteiger partial charge in [0.25, 0.3) is 5.91 Å². The van der Waals surface area contributed by atoms with Gasteiger partial charge < -0.3 is 19.6 Å². The second-order valence-corrected chi connectivity index (χ2v) is 10.1. The molecular weight excluding hydrogens is 515 g/mol. The lowest BCUT2D eigenvalue weighted by atomic mass is 9.82. The number of rotatable bonds is 6. The maximum Gasteiger partial charge on any atom is 0.408 e. The molecule has 2 amide bonds. The predicted octanol–water partition coefficient (Wildman–Crippen LogP) is 5.03. The van der Waals surface area contributed by atoms with Crippen LogP contribution >= 0.6 is 0 Å². The molecule has 0 bridgehead atoms. The molecule has 204 valence electrons. The molecule has 2 N–H and O–H groups in total. The average Bonchev–Trinajstić information content (AvgIpc) is 3.56. The summed E-state index contributed by atoms with van der Waals surface area (Å²) in [4.78, 5) is 29.5. The van der Waals surface area contributed by atoms with Gasteiger partial charge >= 0.3 is 6.18 Å². The number of benzene rings is 1. The molecule has 0 radical (unpaired) electrons. The highest BCUT2D eigenvalue weighted by Gasteiger charge is 2.47. The Labute approximate surface area is 213 Å². The van der Waals surface area contributed by atoms with Gasteiger partial charge in [-0.2, -0.15) is 13.2 Å². The number of hydrogen-bond acceptors (Lipinski definition) is 6. The van der Waals surface area contributed by atoms with Crippen LogP contribution in [0.5, 0.6) is 0 Å². The number of amides is 2. The number of aromatic nitrogens is 2. The SMILES string of the molecule is Cc1nocc1C(=O)NC(c1nc2cc(CC3CC(C(F)(F)F)NC3=O)ccc2o1)C1CCC(F)(F)CC1. The van der Waals surface area contributed by atoms with Gasteiger partial charge in [-0.25, -0.2) is 13.8 Å². The van der Waals surface area contributed by atoms with Gasteiger partial charge in [-0.15, -0.1) is 0 Å². The summed E-state index contributed by atoms with van der Waals surface area (Å²) < 4.78 is 77.5. The molecule has 5 rings (SSSR count). The Kier molecular flexibility index (Phi) is 6.64. The fourth-order valence-corrected chi connectivity index (χ4v) is 5.17. The van der Waals surface area contributed by atoms with Gasteiger partial charge in [-0.05, 0) is 56.2 Å². The first-order chi connectivity index (χ1) is 17.9. The Morgan fingerprint density at radius 1 is 1.26 bits per heavy atom. The number of fused-ring (bicyclic) bond motifs is 1. The van der Waals surface area contributed by atoms with Gasteiger partial charge in [-0.3, -0.25) is 9.59 Å². The van der Waals surface area contributed by atoms with Gasteiger partial charge in [0.1, 0.15) is 29.4 Å². The highest BCUT2D eigenvalue weighted by atomic mass is 19.4. The van der Waals surface area contributed by atoms with E-state index in [1.807, 2.05) is 5.32 Å². The summed E-state index contributed by atoms with van der Waals surface area (Å²) in [5.74, 6) is -5.02. The first-order valence-corrected chi connectivity index (χ1v) is 12.3. The van der Waals surface area contributed by atoms with Crippen molar-refractivity contribution >= 4 is 22.9 Å². The van der Waals surface area contributed by atoms with Gasteiger partial charge in [0.2, 0.25) is 17.7 Å². The van der Waals surface area contributed by atoms with Crippen LogP contribution in [0, 0.1) is 18.8 Å².